The number of sulfonamides is 1. The fourth-order valence-electron chi connectivity index (χ4n) is 3.93. The molecular weight excluding hydrogens is 466 g/mol. The van der Waals surface area contributed by atoms with E-state index in [2.05, 4.69) is 13.8 Å². The van der Waals surface area contributed by atoms with Crippen molar-refractivity contribution >= 4 is 31.5 Å². The Labute approximate surface area is 197 Å². The molecule has 8 heteroatoms. The van der Waals surface area contributed by atoms with E-state index >= 15 is 0 Å². The third-order valence-electron chi connectivity index (χ3n) is 6.07. The van der Waals surface area contributed by atoms with Crippen LogP contribution in [0.25, 0.3) is 0 Å². The lowest BCUT2D eigenvalue weighted by atomic mass is 9.89. The Hall–Kier alpha value is -1.41. The van der Waals surface area contributed by atoms with Gasteiger partial charge in [-0.3, -0.25) is 0 Å². The molecule has 0 aromatic heterocycles. The molecule has 0 spiro atoms. The predicted molar refractivity (Wildman–Crippen MR) is 130 cm³/mol. The summed E-state index contributed by atoms with van der Waals surface area (Å²) in [7, 11) is -7.46. The molecule has 0 N–H and O–H groups in total. The summed E-state index contributed by atoms with van der Waals surface area (Å²) in [6.45, 7) is 12.1. The average Bonchev–Trinajstić information content (AvgIpc) is 2.65. The van der Waals surface area contributed by atoms with Gasteiger partial charge in [-0.1, -0.05) is 65.3 Å². The summed E-state index contributed by atoms with van der Waals surface area (Å²) in [4.78, 5) is 0.505. The monoisotopic (exact) mass is 497 g/mol. The fourth-order valence-corrected chi connectivity index (χ4v) is 8.09. The third-order valence-corrected chi connectivity index (χ3v) is 10.4. The smallest absolute Gasteiger partial charge is 0.223 e. The lowest BCUT2D eigenvalue weighted by Crippen LogP contribution is -2.56. The summed E-state index contributed by atoms with van der Waals surface area (Å²) < 4.78 is 54.6. The van der Waals surface area contributed by atoms with Crippen molar-refractivity contribution in [1.29, 1.82) is 0 Å². The maximum Gasteiger partial charge on any atom is 0.243 e. The van der Waals surface area contributed by atoms with E-state index in [-0.39, 0.29) is 35.7 Å². The maximum atomic E-state index is 13.7. The number of benzene rings is 2. The third kappa shape index (κ3) is 4.63. The normalized spacial score (nSPS) is 16.2. The molecule has 0 unspecified atom stereocenters. The molecule has 2 aromatic rings. The Bertz CT molecular complexity index is 1170. The van der Waals surface area contributed by atoms with Crippen LogP contribution in [0.1, 0.15) is 76.0 Å². The minimum Gasteiger partial charge on any atom is -0.223 e. The second kappa shape index (κ2) is 9.09. The van der Waals surface area contributed by atoms with Crippen LogP contribution >= 0.6 is 11.6 Å². The lowest BCUT2D eigenvalue weighted by Gasteiger charge is -2.38. The summed E-state index contributed by atoms with van der Waals surface area (Å²) in [5, 5.41) is -0.313. The van der Waals surface area contributed by atoms with E-state index in [0.29, 0.717) is 9.92 Å². The molecule has 1 aliphatic rings. The van der Waals surface area contributed by atoms with Crippen LogP contribution in [-0.4, -0.2) is 39.5 Å². The average molecular weight is 498 g/mol. The molecule has 1 saturated heterocycles. The van der Waals surface area contributed by atoms with E-state index in [4.69, 9.17) is 11.6 Å². The molecule has 0 amide bonds. The lowest BCUT2D eigenvalue weighted by molar-refractivity contribution is 0.309. The van der Waals surface area contributed by atoms with Crippen LogP contribution in [0.2, 0.25) is 5.02 Å². The largest absolute Gasteiger partial charge is 0.243 e. The Balaban J connectivity index is 1.98. The van der Waals surface area contributed by atoms with Crippen molar-refractivity contribution in [3.8, 4) is 0 Å². The minimum atomic E-state index is -3.83. The molecule has 2 aromatic carbocycles. The molecule has 0 atom stereocenters. The first kappa shape index (κ1) is 25.2. The second-order valence-corrected chi connectivity index (χ2v) is 14.0. The van der Waals surface area contributed by atoms with Crippen molar-refractivity contribution in [3.05, 3.63) is 58.1 Å². The molecular formula is C24H32ClNO4S2. The Morgan fingerprint density at radius 3 is 1.69 bits per heavy atom. The van der Waals surface area contributed by atoms with E-state index in [1.54, 1.807) is 0 Å². The van der Waals surface area contributed by atoms with Crippen molar-refractivity contribution < 1.29 is 16.8 Å². The highest BCUT2D eigenvalue weighted by Crippen LogP contribution is 2.38. The molecule has 1 aliphatic heterocycles. The van der Waals surface area contributed by atoms with Gasteiger partial charge in [0.05, 0.1) is 15.0 Å². The first-order chi connectivity index (χ1) is 14.8. The van der Waals surface area contributed by atoms with E-state index in [0.717, 1.165) is 16.7 Å². The van der Waals surface area contributed by atoms with Crippen LogP contribution in [0.15, 0.2) is 46.2 Å². The first-order valence-electron chi connectivity index (χ1n) is 10.9. The Morgan fingerprint density at radius 1 is 0.812 bits per heavy atom. The molecule has 5 nitrogen and oxygen atoms in total. The standard InChI is InChI=1S/C24H32ClNO4S2/c1-15(2)18-11-22(16(3)4)24(23(12-18)17(5)6)32(29,30)26-13-21(14-26)31(27,28)20-9-7-19(25)8-10-20/h7-12,15-17,21H,13-14H2,1-6H3. The molecule has 3 rings (SSSR count). The number of nitrogens with zero attached hydrogens (tertiary/aromatic N) is 1. The highest BCUT2D eigenvalue weighted by Gasteiger charge is 2.45. The SMILES string of the molecule is CC(C)c1cc(C(C)C)c(S(=O)(=O)N2CC(S(=O)(=O)c3ccc(Cl)cc3)C2)c(C(C)C)c1. The summed E-state index contributed by atoms with van der Waals surface area (Å²) in [6.07, 6.45) is 0. The van der Waals surface area contributed by atoms with Gasteiger partial charge in [-0.25, -0.2) is 16.8 Å². The van der Waals surface area contributed by atoms with E-state index in [1.807, 2.05) is 39.8 Å². The molecule has 0 bridgehead atoms. The van der Waals surface area contributed by atoms with Gasteiger partial charge in [0.1, 0.15) is 0 Å². The summed E-state index contributed by atoms with van der Waals surface area (Å²) in [6, 6.07) is 9.98. The van der Waals surface area contributed by atoms with Gasteiger partial charge in [0, 0.05) is 18.1 Å². The Morgan fingerprint density at radius 2 is 1.28 bits per heavy atom. The first-order valence-corrected chi connectivity index (χ1v) is 14.3. The van der Waals surface area contributed by atoms with Gasteiger partial charge in [-0.05, 0) is 58.7 Å². The van der Waals surface area contributed by atoms with Crippen LogP contribution in [0.3, 0.4) is 0 Å². The molecule has 0 saturated carbocycles. The summed E-state index contributed by atoms with van der Waals surface area (Å²) in [5.74, 6) is 0.316. The number of halogens is 1. The van der Waals surface area contributed by atoms with Crippen LogP contribution < -0.4 is 0 Å². The predicted octanol–water partition coefficient (Wildman–Crippen LogP) is 5.56. The zero-order chi connectivity index (χ0) is 24.0. The number of hydrogen-bond donors (Lipinski definition) is 0. The van der Waals surface area contributed by atoms with Gasteiger partial charge >= 0.3 is 0 Å². The molecule has 0 radical (unpaired) electrons. The zero-order valence-electron chi connectivity index (χ0n) is 19.5. The topological polar surface area (TPSA) is 71.5 Å². The van der Waals surface area contributed by atoms with E-state index in [9.17, 15) is 16.8 Å². The van der Waals surface area contributed by atoms with Crippen LogP contribution in [-0.2, 0) is 19.9 Å². The van der Waals surface area contributed by atoms with E-state index in [1.165, 1.54) is 28.6 Å². The van der Waals surface area contributed by atoms with Crippen LogP contribution in [0, 0.1) is 0 Å². The van der Waals surface area contributed by atoms with Crippen molar-refractivity contribution in [3.63, 3.8) is 0 Å². The van der Waals surface area contributed by atoms with Gasteiger partial charge < -0.3 is 0 Å². The Kier molecular flexibility index (Phi) is 7.16. The zero-order valence-corrected chi connectivity index (χ0v) is 21.9. The van der Waals surface area contributed by atoms with E-state index < -0.39 is 25.1 Å². The van der Waals surface area contributed by atoms with Crippen molar-refractivity contribution in [2.24, 2.45) is 0 Å². The highest BCUT2D eigenvalue weighted by atomic mass is 35.5. The molecule has 1 heterocycles. The number of rotatable bonds is 7. The van der Waals surface area contributed by atoms with Crippen LogP contribution in [0.5, 0.6) is 0 Å². The summed E-state index contributed by atoms with van der Waals surface area (Å²) >= 11 is 5.87. The van der Waals surface area contributed by atoms with Gasteiger partial charge in [0.2, 0.25) is 10.0 Å². The fraction of sp³-hybridized carbons (Fsp3) is 0.500. The second-order valence-electron chi connectivity index (χ2n) is 9.44. The number of sulfone groups is 1. The van der Waals surface area contributed by atoms with Gasteiger partial charge in [-0.2, -0.15) is 4.31 Å². The van der Waals surface area contributed by atoms with Gasteiger partial charge in [0.15, 0.2) is 9.84 Å². The molecule has 0 aliphatic carbocycles. The number of hydrogen-bond acceptors (Lipinski definition) is 4. The van der Waals surface area contributed by atoms with Gasteiger partial charge in [-0.15, -0.1) is 0 Å². The maximum absolute atomic E-state index is 13.7. The van der Waals surface area contributed by atoms with Crippen LogP contribution in [0.4, 0.5) is 0 Å². The molecule has 32 heavy (non-hydrogen) atoms. The summed E-state index contributed by atoms with van der Waals surface area (Å²) in [5.41, 5.74) is 2.70. The van der Waals surface area contributed by atoms with Crippen molar-refractivity contribution in [1.82, 2.24) is 4.31 Å². The molecule has 1 fully saturated rings. The van der Waals surface area contributed by atoms with Crippen molar-refractivity contribution in [2.45, 2.75) is 74.3 Å². The minimum absolute atomic E-state index is 0.0193. The highest BCUT2D eigenvalue weighted by molar-refractivity contribution is 7.92. The quantitative estimate of drug-likeness (QED) is 0.502. The van der Waals surface area contributed by atoms with Gasteiger partial charge in [0.25, 0.3) is 0 Å². The van der Waals surface area contributed by atoms with Crippen molar-refractivity contribution in [2.75, 3.05) is 13.1 Å². The molecule has 176 valence electrons.